The van der Waals surface area contributed by atoms with Crippen molar-refractivity contribution in [2.75, 3.05) is 42.7 Å². The van der Waals surface area contributed by atoms with Gasteiger partial charge in [0.05, 0.1) is 0 Å². The van der Waals surface area contributed by atoms with Gasteiger partial charge in [-0.2, -0.15) is 0 Å². The van der Waals surface area contributed by atoms with Gasteiger partial charge in [-0.25, -0.2) is 0 Å². The van der Waals surface area contributed by atoms with Gasteiger partial charge in [-0.3, -0.25) is 0 Å². The van der Waals surface area contributed by atoms with E-state index in [4.69, 9.17) is 26.6 Å². The van der Waals surface area contributed by atoms with E-state index in [2.05, 4.69) is 34.4 Å². The second kappa shape index (κ2) is 12.5. The summed E-state index contributed by atoms with van der Waals surface area (Å²) in [4.78, 5) is 0. The van der Waals surface area contributed by atoms with Crippen molar-refractivity contribution in [3.63, 3.8) is 0 Å². The molecule has 0 unspecified atom stereocenters. The van der Waals surface area contributed by atoms with Gasteiger partial charge in [-0.1, -0.05) is 34.4 Å². The molecule has 0 rings (SSSR count). The third kappa shape index (κ3) is 9.08. The monoisotopic (exact) mass is 372 g/mol. The zero-order valence-corrected chi connectivity index (χ0v) is 18.1. The summed E-state index contributed by atoms with van der Waals surface area (Å²) in [7, 11) is 3.37. The fourth-order valence-corrected chi connectivity index (χ4v) is 3.85. The third-order valence-electron chi connectivity index (χ3n) is 2.60. The van der Waals surface area contributed by atoms with Crippen molar-refractivity contribution >= 4 is 27.9 Å². The zero-order valence-electron chi connectivity index (χ0n) is 14.7. The molecule has 6 nitrogen and oxygen atoms in total. The van der Waals surface area contributed by atoms with Gasteiger partial charge in [0.1, 0.15) is 5.41 Å². The molecule has 0 aromatic rings. The first-order chi connectivity index (χ1) is 11.0. The number of hydrogen-bond donors (Lipinski definition) is 0. The van der Waals surface area contributed by atoms with Crippen LogP contribution in [-0.4, -0.2) is 70.5 Å². The SMILES string of the molecule is CO[SiH](C#CC(C)(C#C[SiH](OC)OC)C#C[SiH](OC)OC)OC. The summed E-state index contributed by atoms with van der Waals surface area (Å²) < 4.78 is 31.2. The van der Waals surface area contributed by atoms with Crippen LogP contribution in [0.4, 0.5) is 0 Å². The molecule has 128 valence electrons. The Kier molecular flexibility index (Phi) is 12.0. The van der Waals surface area contributed by atoms with Gasteiger partial charge in [0.15, 0.2) is 0 Å². The summed E-state index contributed by atoms with van der Waals surface area (Å²) >= 11 is 0. The second-order valence-electron chi connectivity index (χ2n) is 4.34. The Bertz CT molecular complexity index is 436. The first kappa shape index (κ1) is 22.1. The Morgan fingerprint density at radius 1 is 0.522 bits per heavy atom. The van der Waals surface area contributed by atoms with E-state index in [0.29, 0.717) is 0 Å². The molecule has 0 aromatic heterocycles. The lowest BCUT2D eigenvalue weighted by Crippen LogP contribution is -2.21. The van der Waals surface area contributed by atoms with Crippen LogP contribution < -0.4 is 0 Å². The van der Waals surface area contributed by atoms with Crippen LogP contribution in [0, 0.1) is 39.8 Å². The molecule has 0 bridgehead atoms. The molecule has 0 aliphatic carbocycles. The fraction of sp³-hybridized carbons (Fsp3) is 0.571. The standard InChI is InChI=1S/C14H24O6Si3/c1-14(8-11-21(15-2)16-3,9-12-22(17-4)18-5)10-13-23(19-6)20-7/h21-23H,1-7H3. The predicted octanol–water partition coefficient (Wildman–Crippen LogP) is -0.840. The van der Waals surface area contributed by atoms with Crippen molar-refractivity contribution in [3.05, 3.63) is 0 Å². The molecule has 0 radical (unpaired) electrons. The molecule has 0 heterocycles. The Balaban J connectivity index is 5.59. The minimum Gasteiger partial charge on any atom is -0.391 e. The van der Waals surface area contributed by atoms with E-state index in [1.807, 2.05) is 6.92 Å². The van der Waals surface area contributed by atoms with Crippen molar-refractivity contribution in [1.82, 2.24) is 0 Å². The van der Waals surface area contributed by atoms with E-state index in [9.17, 15) is 0 Å². The van der Waals surface area contributed by atoms with Crippen LogP contribution in [0.3, 0.4) is 0 Å². The fourth-order valence-electron chi connectivity index (χ4n) is 1.35. The highest BCUT2D eigenvalue weighted by molar-refractivity contribution is 6.55. The van der Waals surface area contributed by atoms with Crippen LogP contribution >= 0.6 is 0 Å². The lowest BCUT2D eigenvalue weighted by molar-refractivity contribution is 0.293. The van der Waals surface area contributed by atoms with Gasteiger partial charge in [0.2, 0.25) is 0 Å². The number of rotatable bonds is 6. The van der Waals surface area contributed by atoms with Gasteiger partial charge in [-0.05, 0) is 6.92 Å². The Labute approximate surface area is 144 Å². The predicted molar refractivity (Wildman–Crippen MR) is 94.9 cm³/mol. The summed E-state index contributed by atoms with van der Waals surface area (Å²) in [5.74, 6) is 9.13. The quantitative estimate of drug-likeness (QED) is 0.448. The van der Waals surface area contributed by atoms with Gasteiger partial charge >= 0.3 is 27.9 Å². The molecule has 0 N–H and O–H groups in total. The van der Waals surface area contributed by atoms with Crippen molar-refractivity contribution in [2.24, 2.45) is 5.41 Å². The van der Waals surface area contributed by atoms with Crippen LogP contribution in [0.1, 0.15) is 6.92 Å². The number of hydrogen-bond acceptors (Lipinski definition) is 6. The van der Waals surface area contributed by atoms with E-state index in [1.54, 1.807) is 42.7 Å². The molecule has 0 aliphatic rings. The minimum atomic E-state index is -2.02. The topological polar surface area (TPSA) is 55.4 Å². The normalized spacial score (nSPS) is 10.7. The molecular weight excluding hydrogens is 348 g/mol. The molecule has 0 fully saturated rings. The summed E-state index contributed by atoms with van der Waals surface area (Å²) in [6.45, 7) is 1.82. The molecule has 0 saturated heterocycles. The van der Waals surface area contributed by atoms with E-state index >= 15 is 0 Å². The second-order valence-corrected chi connectivity index (χ2v) is 10.0. The summed E-state index contributed by atoms with van der Waals surface area (Å²) in [5.41, 5.74) is 8.09. The van der Waals surface area contributed by atoms with Crippen LogP contribution in [0.25, 0.3) is 0 Å². The highest BCUT2D eigenvalue weighted by Gasteiger charge is 2.18. The van der Waals surface area contributed by atoms with Gasteiger partial charge in [0.25, 0.3) is 0 Å². The molecule has 0 amide bonds. The lowest BCUT2D eigenvalue weighted by atomic mass is 9.95. The molecular formula is C14H24O6Si3. The van der Waals surface area contributed by atoms with Crippen LogP contribution in [-0.2, 0) is 26.6 Å². The van der Waals surface area contributed by atoms with E-state index < -0.39 is 33.3 Å². The molecule has 0 aromatic carbocycles. The smallest absolute Gasteiger partial charge is 0.391 e. The van der Waals surface area contributed by atoms with Crippen molar-refractivity contribution in [2.45, 2.75) is 6.92 Å². The largest absolute Gasteiger partial charge is 0.406 e. The molecule has 0 saturated carbocycles. The van der Waals surface area contributed by atoms with Crippen LogP contribution in [0.5, 0.6) is 0 Å². The average molecular weight is 373 g/mol. The Hall–Kier alpha value is -0.909. The van der Waals surface area contributed by atoms with E-state index in [1.165, 1.54) is 0 Å². The average Bonchev–Trinajstić information content (AvgIpc) is 2.57. The summed E-state index contributed by atoms with van der Waals surface area (Å²) in [6.07, 6.45) is 0. The van der Waals surface area contributed by atoms with Crippen molar-refractivity contribution < 1.29 is 26.6 Å². The lowest BCUT2D eigenvalue weighted by Gasteiger charge is -2.11. The molecule has 0 aliphatic heterocycles. The Morgan fingerprint density at radius 2 is 0.739 bits per heavy atom. The summed E-state index contributed by atoms with van der Waals surface area (Å²) in [6, 6.07) is 0. The van der Waals surface area contributed by atoms with Crippen LogP contribution in [0.2, 0.25) is 0 Å². The van der Waals surface area contributed by atoms with Crippen LogP contribution in [0.15, 0.2) is 0 Å². The minimum absolute atomic E-state index is 0.868. The Morgan fingerprint density at radius 3 is 0.913 bits per heavy atom. The highest BCUT2D eigenvalue weighted by atomic mass is 28.3. The highest BCUT2D eigenvalue weighted by Crippen LogP contribution is 2.12. The summed E-state index contributed by atoms with van der Waals surface area (Å²) in [5, 5.41) is 0. The van der Waals surface area contributed by atoms with Crippen molar-refractivity contribution in [3.8, 4) is 34.4 Å². The molecule has 9 heteroatoms. The maximum atomic E-state index is 5.20. The van der Waals surface area contributed by atoms with E-state index in [0.717, 1.165) is 0 Å². The van der Waals surface area contributed by atoms with Crippen molar-refractivity contribution in [1.29, 1.82) is 0 Å². The van der Waals surface area contributed by atoms with Gasteiger partial charge in [-0.15, -0.1) is 0 Å². The molecule has 23 heavy (non-hydrogen) atoms. The zero-order chi connectivity index (χ0) is 17.7. The van der Waals surface area contributed by atoms with E-state index in [-0.39, 0.29) is 0 Å². The third-order valence-corrected chi connectivity index (χ3v) is 6.31. The molecule has 0 atom stereocenters. The maximum absolute atomic E-state index is 5.20. The van der Waals surface area contributed by atoms with Gasteiger partial charge in [0, 0.05) is 42.7 Å². The maximum Gasteiger partial charge on any atom is 0.406 e. The first-order valence-corrected chi connectivity index (χ1v) is 11.3. The van der Waals surface area contributed by atoms with Gasteiger partial charge < -0.3 is 26.6 Å². The molecule has 0 spiro atoms. The first-order valence-electron chi connectivity index (χ1n) is 6.73.